The molecule has 2 heterocycles. The molecule has 0 radical (unpaired) electrons. The van der Waals surface area contributed by atoms with E-state index in [1.54, 1.807) is 0 Å². The Bertz CT molecular complexity index is 179. The largest absolute Gasteiger partial charge is 0.373 e. The fourth-order valence-electron chi connectivity index (χ4n) is 1.37. The highest BCUT2D eigenvalue weighted by Gasteiger charge is 2.29. The third-order valence-corrected chi connectivity index (χ3v) is 2.43. The predicted octanol–water partition coefficient (Wildman–Crippen LogP) is 0.943. The van der Waals surface area contributed by atoms with Crippen molar-refractivity contribution in [3.8, 4) is 0 Å². The van der Waals surface area contributed by atoms with Gasteiger partial charge < -0.3 is 18.9 Å². The van der Waals surface area contributed by atoms with Crippen molar-refractivity contribution in [1.29, 1.82) is 0 Å². The fourth-order valence-corrected chi connectivity index (χ4v) is 1.37. The minimum Gasteiger partial charge on any atom is -0.373 e. The van der Waals surface area contributed by atoms with E-state index in [2.05, 4.69) is 0 Å². The normalized spacial score (nSPS) is 31.7. The van der Waals surface area contributed by atoms with Crippen molar-refractivity contribution in [2.45, 2.75) is 38.3 Å². The SMILES string of the molecule is CC1(C)OCC(OCCC2CO2)CO1. The van der Waals surface area contributed by atoms with Crippen LogP contribution in [-0.4, -0.2) is 44.4 Å². The van der Waals surface area contributed by atoms with Crippen LogP contribution in [0.25, 0.3) is 0 Å². The summed E-state index contributed by atoms with van der Waals surface area (Å²) in [6.45, 7) is 6.72. The Morgan fingerprint density at radius 3 is 2.43 bits per heavy atom. The van der Waals surface area contributed by atoms with Gasteiger partial charge in [0.2, 0.25) is 0 Å². The molecule has 82 valence electrons. The van der Waals surface area contributed by atoms with Gasteiger partial charge in [0.15, 0.2) is 5.79 Å². The van der Waals surface area contributed by atoms with E-state index in [0.29, 0.717) is 19.3 Å². The molecule has 0 aromatic carbocycles. The van der Waals surface area contributed by atoms with E-state index in [4.69, 9.17) is 18.9 Å². The van der Waals surface area contributed by atoms with Crippen molar-refractivity contribution >= 4 is 0 Å². The van der Waals surface area contributed by atoms with Gasteiger partial charge in [-0.15, -0.1) is 0 Å². The molecule has 0 N–H and O–H groups in total. The quantitative estimate of drug-likeness (QED) is 0.636. The second-order valence-corrected chi connectivity index (χ2v) is 4.26. The van der Waals surface area contributed by atoms with Crippen molar-refractivity contribution in [3.63, 3.8) is 0 Å². The highest BCUT2D eigenvalue weighted by molar-refractivity contribution is 4.70. The molecule has 0 spiro atoms. The fraction of sp³-hybridized carbons (Fsp3) is 1.00. The maximum Gasteiger partial charge on any atom is 0.163 e. The molecule has 14 heavy (non-hydrogen) atoms. The summed E-state index contributed by atoms with van der Waals surface area (Å²) in [7, 11) is 0. The van der Waals surface area contributed by atoms with E-state index < -0.39 is 5.79 Å². The number of hydrogen-bond acceptors (Lipinski definition) is 4. The average Bonchev–Trinajstić information content (AvgIpc) is 2.92. The zero-order valence-electron chi connectivity index (χ0n) is 8.82. The maximum absolute atomic E-state index is 5.60. The molecule has 0 saturated carbocycles. The smallest absolute Gasteiger partial charge is 0.163 e. The summed E-state index contributed by atoms with van der Waals surface area (Å²) in [6.07, 6.45) is 1.51. The number of rotatable bonds is 4. The molecule has 2 aliphatic heterocycles. The van der Waals surface area contributed by atoms with E-state index in [-0.39, 0.29) is 6.10 Å². The summed E-state index contributed by atoms with van der Waals surface area (Å²) in [5, 5.41) is 0. The van der Waals surface area contributed by atoms with Gasteiger partial charge in [0.1, 0.15) is 6.10 Å². The number of hydrogen-bond donors (Lipinski definition) is 0. The summed E-state index contributed by atoms with van der Waals surface area (Å²) < 4.78 is 21.6. The Hall–Kier alpha value is -0.160. The number of ether oxygens (including phenoxy) is 4. The first-order valence-electron chi connectivity index (χ1n) is 5.17. The molecular formula is C10H18O4. The molecule has 4 heteroatoms. The van der Waals surface area contributed by atoms with Crippen molar-refractivity contribution < 1.29 is 18.9 Å². The minimum absolute atomic E-state index is 0.0850. The zero-order chi connectivity index (χ0) is 10.0. The molecule has 0 amide bonds. The van der Waals surface area contributed by atoms with Gasteiger partial charge in [0.05, 0.1) is 25.9 Å². The Morgan fingerprint density at radius 2 is 1.86 bits per heavy atom. The monoisotopic (exact) mass is 202 g/mol. The minimum atomic E-state index is -0.445. The third kappa shape index (κ3) is 3.20. The van der Waals surface area contributed by atoms with Gasteiger partial charge in [-0.1, -0.05) is 0 Å². The Labute approximate surface area is 84.5 Å². The van der Waals surface area contributed by atoms with Crippen LogP contribution in [0.2, 0.25) is 0 Å². The van der Waals surface area contributed by atoms with Gasteiger partial charge in [-0.05, 0) is 20.3 Å². The highest BCUT2D eigenvalue weighted by atomic mass is 16.7. The molecule has 1 atom stereocenters. The maximum atomic E-state index is 5.60. The number of epoxide rings is 1. The van der Waals surface area contributed by atoms with Gasteiger partial charge in [-0.2, -0.15) is 0 Å². The molecule has 4 nitrogen and oxygen atoms in total. The average molecular weight is 202 g/mol. The molecular weight excluding hydrogens is 184 g/mol. The highest BCUT2D eigenvalue weighted by Crippen LogP contribution is 2.19. The zero-order valence-corrected chi connectivity index (χ0v) is 8.82. The van der Waals surface area contributed by atoms with E-state index in [9.17, 15) is 0 Å². The van der Waals surface area contributed by atoms with Crippen LogP contribution in [0.4, 0.5) is 0 Å². The summed E-state index contributed by atoms with van der Waals surface area (Å²) in [5.41, 5.74) is 0. The van der Waals surface area contributed by atoms with Crippen LogP contribution >= 0.6 is 0 Å². The van der Waals surface area contributed by atoms with Crippen LogP contribution < -0.4 is 0 Å². The lowest BCUT2D eigenvalue weighted by Gasteiger charge is -2.34. The molecule has 0 aliphatic carbocycles. The van der Waals surface area contributed by atoms with Crippen molar-refractivity contribution in [1.82, 2.24) is 0 Å². The van der Waals surface area contributed by atoms with Gasteiger partial charge in [-0.3, -0.25) is 0 Å². The lowest BCUT2D eigenvalue weighted by molar-refractivity contribution is -0.279. The van der Waals surface area contributed by atoms with Gasteiger partial charge in [0.25, 0.3) is 0 Å². The summed E-state index contributed by atoms with van der Waals surface area (Å²) in [5.74, 6) is -0.445. The van der Waals surface area contributed by atoms with E-state index in [0.717, 1.165) is 19.6 Å². The van der Waals surface area contributed by atoms with Crippen LogP contribution in [-0.2, 0) is 18.9 Å². The van der Waals surface area contributed by atoms with Crippen molar-refractivity contribution in [2.24, 2.45) is 0 Å². The molecule has 2 rings (SSSR count). The van der Waals surface area contributed by atoms with Crippen molar-refractivity contribution in [3.05, 3.63) is 0 Å². The Morgan fingerprint density at radius 1 is 1.21 bits per heavy atom. The molecule has 1 unspecified atom stereocenters. The molecule has 2 aliphatic rings. The van der Waals surface area contributed by atoms with Gasteiger partial charge in [0, 0.05) is 6.61 Å². The predicted molar refractivity (Wildman–Crippen MR) is 50.1 cm³/mol. The van der Waals surface area contributed by atoms with Gasteiger partial charge >= 0.3 is 0 Å². The second kappa shape index (κ2) is 4.14. The molecule has 2 fully saturated rings. The first-order chi connectivity index (χ1) is 6.66. The van der Waals surface area contributed by atoms with E-state index >= 15 is 0 Å². The molecule has 0 aromatic heterocycles. The third-order valence-electron chi connectivity index (χ3n) is 2.43. The lowest BCUT2D eigenvalue weighted by Crippen LogP contribution is -2.43. The van der Waals surface area contributed by atoms with Gasteiger partial charge in [-0.25, -0.2) is 0 Å². The van der Waals surface area contributed by atoms with Crippen LogP contribution in [0.5, 0.6) is 0 Å². The van der Waals surface area contributed by atoms with Crippen LogP contribution in [0.1, 0.15) is 20.3 Å². The molecule has 0 bridgehead atoms. The summed E-state index contributed by atoms with van der Waals surface area (Å²) in [6, 6.07) is 0. The van der Waals surface area contributed by atoms with Crippen LogP contribution in [0.15, 0.2) is 0 Å². The van der Waals surface area contributed by atoms with E-state index in [1.165, 1.54) is 0 Å². The first-order valence-corrected chi connectivity index (χ1v) is 5.17. The molecule has 0 aromatic rings. The van der Waals surface area contributed by atoms with Crippen molar-refractivity contribution in [2.75, 3.05) is 26.4 Å². The molecule has 2 saturated heterocycles. The standard InChI is InChI=1S/C10H18O4/c1-10(2)13-6-9(7-14-10)11-4-3-8-5-12-8/h8-9H,3-7H2,1-2H3. The Balaban J connectivity index is 1.58. The summed E-state index contributed by atoms with van der Waals surface area (Å²) in [4.78, 5) is 0. The first kappa shape index (κ1) is 10.4. The summed E-state index contributed by atoms with van der Waals surface area (Å²) >= 11 is 0. The van der Waals surface area contributed by atoms with Crippen LogP contribution in [0.3, 0.4) is 0 Å². The Kier molecular flexibility index (Phi) is 3.07. The van der Waals surface area contributed by atoms with Crippen LogP contribution in [0, 0.1) is 0 Å². The topological polar surface area (TPSA) is 40.2 Å². The van der Waals surface area contributed by atoms with E-state index in [1.807, 2.05) is 13.8 Å². The lowest BCUT2D eigenvalue weighted by atomic mass is 10.3. The second-order valence-electron chi connectivity index (χ2n) is 4.26.